The van der Waals surface area contributed by atoms with Crippen LogP contribution in [0.2, 0.25) is 0 Å². The fourth-order valence-electron chi connectivity index (χ4n) is 19.6. The van der Waals surface area contributed by atoms with Crippen LogP contribution in [0.25, 0.3) is 99.5 Å². The quantitative estimate of drug-likeness (QED) is 0.141. The van der Waals surface area contributed by atoms with E-state index in [0.29, 0.717) is 0 Å². The molecule has 5 heteroatoms. The van der Waals surface area contributed by atoms with Gasteiger partial charge in [-0.3, -0.25) is 0 Å². The number of para-hydroxylation sites is 1. The fraction of sp³-hybridized carbons (Fsp3) is 0.264. The predicted octanol–water partition coefficient (Wildman–Crippen LogP) is 27.2. The molecular weight excluding hydrogens is 1340 g/mol. The van der Waals surface area contributed by atoms with Crippen molar-refractivity contribution in [1.82, 2.24) is 9.13 Å². The van der Waals surface area contributed by atoms with Gasteiger partial charge in [0.2, 0.25) is 0 Å². The third-order valence-corrected chi connectivity index (χ3v) is 26.5. The topological polar surface area (TPSA) is 16.3 Å². The Hall–Kier alpha value is -10.9. The van der Waals surface area contributed by atoms with Gasteiger partial charge in [0.1, 0.15) is 0 Å². The number of rotatable bonds is 8. The zero-order valence-electron chi connectivity index (χ0n) is 68.1. The smallest absolute Gasteiger partial charge is 0.252 e. The molecular formula is C106H103BN4. The number of hydrogen-bond donors (Lipinski definition) is 0. The maximum absolute atomic E-state index is 2.66. The molecule has 2 aliphatic heterocycles. The Bertz CT molecular complexity index is 6250. The standard InChI is InChI=1S/C106H103BN4/c1-100(2,3)74-27-23-26-69(56-74)73-37-49-95-90(60-73)107-89-47-44-79(110-93-50-38-75(101(4,5)6)61-83(93)84-62-76(102(7,8)9)39-51-94(84)110)63-96(89)109(78-42-32-68(33-43-78)72-35-46-86-88(59-72)106(16,17)55-53-104(86,12)13)98-65-80(111-91-29-22-21-28-81(91)82-57-70(36-48-92(82)111)66-24-19-18-20-25-66)64-97(99(98)107)108(95)77-40-30-67(31-41-77)71-34-45-85-87(58-71)105(14,15)54-52-103(85,10)11/h18-51,56-65H,52-55H2,1-17H3. The Morgan fingerprint density at radius 1 is 0.252 bits per heavy atom. The van der Waals surface area contributed by atoms with Gasteiger partial charge in [-0.2, -0.15) is 0 Å². The molecule has 4 aliphatic rings. The van der Waals surface area contributed by atoms with Crippen LogP contribution in [0.5, 0.6) is 0 Å². The first-order chi connectivity index (χ1) is 52.9. The normalized spacial score (nSPS) is 16.1. The highest BCUT2D eigenvalue weighted by Crippen LogP contribution is 2.53. The van der Waals surface area contributed by atoms with Crippen LogP contribution in [0.4, 0.5) is 34.1 Å². The van der Waals surface area contributed by atoms with Gasteiger partial charge in [0.05, 0.1) is 27.8 Å². The highest BCUT2D eigenvalue weighted by atomic mass is 15.2. The Morgan fingerprint density at radius 3 is 1.19 bits per heavy atom. The molecule has 0 bridgehead atoms. The summed E-state index contributed by atoms with van der Waals surface area (Å²) in [6, 6.07) is 105. The van der Waals surface area contributed by atoms with Gasteiger partial charge in [-0.15, -0.1) is 0 Å². The van der Waals surface area contributed by atoms with E-state index in [-0.39, 0.29) is 44.6 Å². The Labute approximate surface area is 658 Å². The summed E-state index contributed by atoms with van der Waals surface area (Å²) in [4.78, 5) is 5.29. The fourth-order valence-corrected chi connectivity index (χ4v) is 19.6. The van der Waals surface area contributed by atoms with Gasteiger partial charge in [0, 0.05) is 61.4 Å². The third kappa shape index (κ3) is 11.5. The van der Waals surface area contributed by atoms with Crippen LogP contribution in [0.1, 0.15) is 182 Å². The van der Waals surface area contributed by atoms with Gasteiger partial charge >= 0.3 is 0 Å². The number of benzene rings is 13. The first-order valence-corrected chi connectivity index (χ1v) is 40.7. The Kier molecular flexibility index (Phi) is 15.8. The minimum absolute atomic E-state index is 0.0400. The zero-order chi connectivity index (χ0) is 77.0. The highest BCUT2D eigenvalue weighted by Gasteiger charge is 2.46. The van der Waals surface area contributed by atoms with Crippen molar-refractivity contribution in [2.75, 3.05) is 9.80 Å². The number of aromatic nitrogens is 2. The molecule has 4 heterocycles. The molecule has 0 radical (unpaired) electrons. The number of fused-ring (bicyclic) bond motifs is 12. The second kappa shape index (κ2) is 24.8. The van der Waals surface area contributed by atoms with Crippen LogP contribution in [0, 0.1) is 0 Å². The van der Waals surface area contributed by atoms with E-state index in [0.717, 1.165) is 57.3 Å². The van der Waals surface area contributed by atoms with Gasteiger partial charge in [0.15, 0.2) is 0 Å². The van der Waals surface area contributed by atoms with Crippen LogP contribution < -0.4 is 26.2 Å². The highest BCUT2D eigenvalue weighted by molar-refractivity contribution is 7.00. The monoisotopic (exact) mass is 1440 g/mol. The summed E-state index contributed by atoms with van der Waals surface area (Å²) in [5.41, 5.74) is 37.5. The summed E-state index contributed by atoms with van der Waals surface area (Å²) in [7, 11) is 0. The van der Waals surface area contributed by atoms with Crippen molar-refractivity contribution in [3.8, 4) is 55.9 Å². The summed E-state index contributed by atoms with van der Waals surface area (Å²) in [5.74, 6) is 0. The lowest BCUT2D eigenvalue weighted by Crippen LogP contribution is -2.61. The molecule has 0 atom stereocenters. The van der Waals surface area contributed by atoms with Gasteiger partial charge < -0.3 is 18.9 Å². The van der Waals surface area contributed by atoms with E-state index in [1.165, 1.54) is 157 Å². The van der Waals surface area contributed by atoms with Crippen molar-refractivity contribution in [2.24, 2.45) is 0 Å². The molecule has 0 saturated heterocycles. The second-order valence-corrected chi connectivity index (χ2v) is 38.7. The summed E-state index contributed by atoms with van der Waals surface area (Å²) in [5, 5.41) is 4.99. The largest absolute Gasteiger partial charge is 0.311 e. The van der Waals surface area contributed by atoms with E-state index in [2.05, 4.69) is 404 Å². The zero-order valence-corrected chi connectivity index (χ0v) is 68.1. The third-order valence-electron chi connectivity index (χ3n) is 26.5. The Morgan fingerprint density at radius 2 is 0.640 bits per heavy atom. The van der Waals surface area contributed by atoms with Crippen molar-refractivity contribution in [1.29, 1.82) is 0 Å². The molecule has 2 aromatic heterocycles. The molecule has 15 aromatic rings. The van der Waals surface area contributed by atoms with Gasteiger partial charge in [-0.1, -0.05) is 288 Å². The summed E-state index contributed by atoms with van der Waals surface area (Å²) >= 11 is 0. The molecule has 111 heavy (non-hydrogen) atoms. The lowest BCUT2D eigenvalue weighted by molar-refractivity contribution is 0.332. The van der Waals surface area contributed by atoms with E-state index < -0.39 is 0 Å². The van der Waals surface area contributed by atoms with Gasteiger partial charge in [-0.25, -0.2) is 0 Å². The average molecular weight is 1440 g/mol. The number of hydrogen-bond acceptors (Lipinski definition) is 2. The van der Waals surface area contributed by atoms with Crippen LogP contribution in [-0.2, 0) is 37.9 Å². The van der Waals surface area contributed by atoms with Crippen LogP contribution >= 0.6 is 0 Å². The minimum atomic E-state index is -0.195. The maximum atomic E-state index is 2.66. The minimum Gasteiger partial charge on any atom is -0.311 e. The van der Waals surface area contributed by atoms with Crippen LogP contribution in [0.15, 0.2) is 267 Å². The molecule has 0 fully saturated rings. The lowest BCUT2D eigenvalue weighted by atomic mass is 9.33. The lowest BCUT2D eigenvalue weighted by Gasteiger charge is -2.44. The van der Waals surface area contributed by atoms with Crippen molar-refractivity contribution in [3.63, 3.8) is 0 Å². The molecule has 0 N–H and O–H groups in total. The molecule has 550 valence electrons. The van der Waals surface area contributed by atoms with Crippen molar-refractivity contribution in [3.05, 3.63) is 306 Å². The van der Waals surface area contributed by atoms with Crippen molar-refractivity contribution >= 4 is 101 Å². The summed E-state index contributed by atoms with van der Waals surface area (Å²) in [6.45, 7) is 40.3. The van der Waals surface area contributed by atoms with E-state index in [9.17, 15) is 0 Å². The molecule has 0 spiro atoms. The molecule has 19 rings (SSSR count). The molecule has 2 aliphatic carbocycles. The molecule has 0 amide bonds. The first-order valence-electron chi connectivity index (χ1n) is 40.7. The van der Waals surface area contributed by atoms with E-state index in [1.807, 2.05) is 0 Å². The number of anilines is 6. The maximum Gasteiger partial charge on any atom is 0.252 e. The van der Waals surface area contributed by atoms with Crippen molar-refractivity contribution < 1.29 is 0 Å². The Balaban J connectivity index is 0.903. The van der Waals surface area contributed by atoms with E-state index in [4.69, 9.17) is 0 Å². The average Bonchev–Trinajstić information content (AvgIpc) is 1.30. The predicted molar refractivity (Wildman–Crippen MR) is 478 cm³/mol. The van der Waals surface area contributed by atoms with Crippen molar-refractivity contribution in [2.45, 2.75) is 181 Å². The van der Waals surface area contributed by atoms with Gasteiger partial charge in [-0.05, 0) is 260 Å². The first kappa shape index (κ1) is 70.5. The van der Waals surface area contributed by atoms with Crippen LogP contribution in [-0.4, -0.2) is 15.8 Å². The van der Waals surface area contributed by atoms with Gasteiger partial charge in [0.25, 0.3) is 6.71 Å². The molecule has 0 saturated carbocycles. The summed E-state index contributed by atoms with van der Waals surface area (Å²) < 4.78 is 5.13. The number of nitrogens with zero attached hydrogens (tertiary/aromatic N) is 4. The van der Waals surface area contributed by atoms with E-state index in [1.54, 1.807) is 0 Å². The van der Waals surface area contributed by atoms with Crippen LogP contribution in [0.3, 0.4) is 0 Å². The van der Waals surface area contributed by atoms with E-state index >= 15 is 0 Å². The SMILES string of the molecule is CC(C)(C)c1cccc(-c2ccc3c(c2)B2c4ccc(-n5c6ccc(C(C)(C)C)cc6c6cc(C(C)(C)C)ccc65)cc4N(c4ccc(-c5ccc6c(c5)C(C)(C)CCC6(C)C)cc4)c4cc(-n5c6ccccc6c6cc(-c7ccccc7)ccc65)cc(c42)N3c2ccc(-c3ccc4c(c3)C(C)(C)CCC4(C)C)cc2)c1. The molecule has 4 nitrogen and oxygen atoms in total. The second-order valence-electron chi connectivity index (χ2n) is 38.7. The molecule has 13 aromatic carbocycles. The molecule has 0 unspecified atom stereocenters. The summed E-state index contributed by atoms with van der Waals surface area (Å²) in [6.07, 6.45) is 4.70.